The maximum Gasteiger partial charge on any atom is 0.255 e. The Bertz CT molecular complexity index is 773. The molecular formula is C22H29N3O2. The van der Waals surface area contributed by atoms with Gasteiger partial charge in [0.1, 0.15) is 0 Å². The van der Waals surface area contributed by atoms with Crippen molar-refractivity contribution < 1.29 is 9.90 Å². The molecule has 2 heterocycles. The molecule has 1 aliphatic rings. The minimum atomic E-state index is 0.00532. The van der Waals surface area contributed by atoms with Crippen LogP contribution < -0.4 is 0 Å². The third kappa shape index (κ3) is 4.37. The maximum absolute atomic E-state index is 12.9. The second-order valence-corrected chi connectivity index (χ2v) is 7.44. The summed E-state index contributed by atoms with van der Waals surface area (Å²) in [5.41, 5.74) is 3.23. The third-order valence-electron chi connectivity index (χ3n) is 5.37. The molecule has 1 amide bonds. The lowest BCUT2D eigenvalue weighted by molar-refractivity contribution is 0.0371. The van der Waals surface area contributed by atoms with Crippen LogP contribution in [0.4, 0.5) is 0 Å². The van der Waals surface area contributed by atoms with E-state index in [4.69, 9.17) is 0 Å². The van der Waals surface area contributed by atoms with Crippen molar-refractivity contribution in [3.8, 4) is 11.3 Å². The van der Waals surface area contributed by atoms with Crippen molar-refractivity contribution in [3.05, 3.63) is 53.7 Å². The monoisotopic (exact) mass is 367 g/mol. The third-order valence-corrected chi connectivity index (χ3v) is 5.37. The van der Waals surface area contributed by atoms with Gasteiger partial charge < -0.3 is 10.0 Å². The molecule has 1 aromatic heterocycles. The van der Waals surface area contributed by atoms with Crippen LogP contribution in [0.1, 0.15) is 43.1 Å². The molecule has 0 saturated carbocycles. The zero-order valence-electron chi connectivity index (χ0n) is 16.4. The van der Waals surface area contributed by atoms with Crippen LogP contribution in [0.3, 0.4) is 0 Å². The first-order chi connectivity index (χ1) is 13.0. The molecule has 27 heavy (non-hydrogen) atoms. The zero-order valence-corrected chi connectivity index (χ0v) is 16.4. The van der Waals surface area contributed by atoms with E-state index in [0.717, 1.165) is 42.9 Å². The molecule has 144 valence electrons. The van der Waals surface area contributed by atoms with Crippen LogP contribution in [0, 0.1) is 0 Å². The highest BCUT2D eigenvalue weighted by atomic mass is 16.3. The number of hydrogen-bond acceptors (Lipinski definition) is 4. The van der Waals surface area contributed by atoms with E-state index in [9.17, 15) is 9.90 Å². The van der Waals surface area contributed by atoms with Crippen LogP contribution in [0.5, 0.6) is 0 Å². The molecule has 1 aromatic carbocycles. The largest absolute Gasteiger partial charge is 0.392 e. The molecule has 5 nitrogen and oxygen atoms in total. The number of aliphatic hydroxyl groups is 1. The molecule has 0 bridgehead atoms. The van der Waals surface area contributed by atoms with Crippen LogP contribution in [0.2, 0.25) is 0 Å². The normalized spacial score (nSPS) is 18.1. The highest BCUT2D eigenvalue weighted by Gasteiger charge is 2.30. The molecule has 5 heteroatoms. The number of carbonyl (C=O) groups is 1. The molecule has 0 aliphatic carbocycles. The first kappa shape index (κ1) is 19.5. The van der Waals surface area contributed by atoms with Crippen LogP contribution in [0.15, 0.2) is 42.6 Å². The van der Waals surface area contributed by atoms with Crippen LogP contribution in [-0.2, 0) is 6.61 Å². The summed E-state index contributed by atoms with van der Waals surface area (Å²) in [5.74, 6) is 0.0556. The minimum absolute atomic E-state index is 0.00532. The lowest BCUT2D eigenvalue weighted by atomic mass is 10.1. The van der Waals surface area contributed by atoms with Gasteiger partial charge in [-0.05, 0) is 44.0 Å². The van der Waals surface area contributed by atoms with Gasteiger partial charge in [-0.25, -0.2) is 0 Å². The number of carbonyl (C=O) groups excluding carboxylic acids is 1. The molecule has 0 radical (unpaired) electrons. The summed E-state index contributed by atoms with van der Waals surface area (Å²) < 4.78 is 0. The Hall–Kier alpha value is -2.24. The fraction of sp³-hybridized carbons (Fsp3) is 0.455. The molecule has 3 rings (SSSR count). The first-order valence-electron chi connectivity index (χ1n) is 9.74. The summed E-state index contributed by atoms with van der Waals surface area (Å²) in [4.78, 5) is 21.8. The van der Waals surface area contributed by atoms with Crippen molar-refractivity contribution in [3.63, 3.8) is 0 Å². The Kier molecular flexibility index (Phi) is 6.24. The average molecular weight is 367 g/mol. The van der Waals surface area contributed by atoms with Crippen molar-refractivity contribution in [2.24, 2.45) is 0 Å². The van der Waals surface area contributed by atoms with Crippen LogP contribution in [0.25, 0.3) is 11.3 Å². The topological polar surface area (TPSA) is 56.7 Å². The second-order valence-electron chi connectivity index (χ2n) is 7.44. The molecule has 0 unspecified atom stereocenters. The first-order valence-corrected chi connectivity index (χ1v) is 9.74. The van der Waals surface area contributed by atoms with Gasteiger partial charge in [0.25, 0.3) is 5.91 Å². The van der Waals surface area contributed by atoms with Crippen molar-refractivity contribution in [1.82, 2.24) is 14.8 Å². The predicted molar refractivity (Wildman–Crippen MR) is 107 cm³/mol. The van der Waals surface area contributed by atoms with E-state index in [1.54, 1.807) is 6.20 Å². The number of hydrogen-bond donors (Lipinski definition) is 1. The van der Waals surface area contributed by atoms with E-state index in [1.165, 1.54) is 0 Å². The molecule has 1 saturated heterocycles. The van der Waals surface area contributed by atoms with Crippen molar-refractivity contribution in [2.75, 3.05) is 19.6 Å². The lowest BCUT2D eigenvalue weighted by Crippen LogP contribution is -2.56. The van der Waals surface area contributed by atoms with Gasteiger partial charge in [0, 0.05) is 43.5 Å². The Balaban J connectivity index is 1.72. The van der Waals surface area contributed by atoms with Gasteiger partial charge in [0.05, 0.1) is 17.9 Å². The summed E-state index contributed by atoms with van der Waals surface area (Å²) in [7, 11) is 0. The SMILES string of the molecule is CC[C@H]1CN(C(=O)c2ccc(-c3cccc(CO)c3)nc2)CCN1C(C)C. The quantitative estimate of drug-likeness (QED) is 0.882. The van der Waals surface area contributed by atoms with E-state index in [1.807, 2.05) is 41.3 Å². The molecule has 1 atom stereocenters. The van der Waals surface area contributed by atoms with Crippen LogP contribution in [-0.4, -0.2) is 57.5 Å². The van der Waals surface area contributed by atoms with E-state index < -0.39 is 0 Å². The molecular weight excluding hydrogens is 338 g/mol. The summed E-state index contributed by atoms with van der Waals surface area (Å²) >= 11 is 0. The van der Waals surface area contributed by atoms with Gasteiger partial charge in [0.15, 0.2) is 0 Å². The number of piperazine rings is 1. The van der Waals surface area contributed by atoms with Gasteiger partial charge in [-0.1, -0.05) is 25.1 Å². The number of aromatic nitrogens is 1. The van der Waals surface area contributed by atoms with E-state index in [-0.39, 0.29) is 12.5 Å². The summed E-state index contributed by atoms with van der Waals surface area (Å²) in [5, 5.41) is 9.29. The molecule has 1 aliphatic heterocycles. The fourth-order valence-electron chi connectivity index (χ4n) is 3.80. The average Bonchev–Trinajstić information content (AvgIpc) is 2.72. The number of rotatable bonds is 5. The van der Waals surface area contributed by atoms with Gasteiger partial charge in [-0.2, -0.15) is 0 Å². The lowest BCUT2D eigenvalue weighted by Gasteiger charge is -2.43. The molecule has 0 spiro atoms. The summed E-state index contributed by atoms with van der Waals surface area (Å²) in [6, 6.07) is 12.3. The highest BCUT2D eigenvalue weighted by molar-refractivity contribution is 5.94. The highest BCUT2D eigenvalue weighted by Crippen LogP contribution is 2.21. The fourth-order valence-corrected chi connectivity index (χ4v) is 3.80. The number of amides is 1. The second kappa shape index (κ2) is 8.63. The number of pyridine rings is 1. The van der Waals surface area contributed by atoms with Crippen molar-refractivity contribution >= 4 is 5.91 Å². The Morgan fingerprint density at radius 1 is 1.26 bits per heavy atom. The molecule has 1 fully saturated rings. The number of nitrogens with zero attached hydrogens (tertiary/aromatic N) is 3. The van der Waals surface area contributed by atoms with E-state index in [2.05, 4.69) is 30.7 Å². The number of benzene rings is 1. The van der Waals surface area contributed by atoms with Gasteiger partial charge >= 0.3 is 0 Å². The Morgan fingerprint density at radius 3 is 2.70 bits per heavy atom. The smallest absolute Gasteiger partial charge is 0.255 e. The van der Waals surface area contributed by atoms with Gasteiger partial charge in [-0.15, -0.1) is 0 Å². The predicted octanol–water partition coefficient (Wildman–Crippen LogP) is 3.19. The molecule has 2 aromatic rings. The standard InChI is InChI=1S/C22H29N3O2/c1-4-20-14-24(10-11-25(20)16(2)3)22(27)19-8-9-21(23-13-19)18-7-5-6-17(12-18)15-26/h5-9,12-13,16,20,26H,4,10-11,14-15H2,1-3H3/t20-/m0/s1. The van der Waals surface area contributed by atoms with Crippen molar-refractivity contribution in [2.45, 2.75) is 45.9 Å². The Labute approximate surface area is 161 Å². The molecule has 1 N–H and O–H groups in total. The minimum Gasteiger partial charge on any atom is -0.392 e. The summed E-state index contributed by atoms with van der Waals surface area (Å²) in [6.07, 6.45) is 2.71. The van der Waals surface area contributed by atoms with E-state index >= 15 is 0 Å². The number of aliphatic hydroxyl groups excluding tert-OH is 1. The van der Waals surface area contributed by atoms with Crippen LogP contribution >= 0.6 is 0 Å². The zero-order chi connectivity index (χ0) is 19.4. The van der Waals surface area contributed by atoms with Gasteiger partial charge in [0.2, 0.25) is 0 Å². The van der Waals surface area contributed by atoms with Crippen molar-refractivity contribution in [1.29, 1.82) is 0 Å². The summed E-state index contributed by atoms with van der Waals surface area (Å²) in [6.45, 7) is 9.07. The Morgan fingerprint density at radius 2 is 2.07 bits per heavy atom. The van der Waals surface area contributed by atoms with Gasteiger partial charge in [-0.3, -0.25) is 14.7 Å². The maximum atomic E-state index is 12.9. The van der Waals surface area contributed by atoms with E-state index in [0.29, 0.717) is 17.6 Å².